The molecule has 0 saturated carbocycles. The molecular weight excluding hydrogens is 378 g/mol. The third-order valence-electron chi connectivity index (χ3n) is 5.20. The van der Waals surface area contributed by atoms with Crippen molar-refractivity contribution in [3.8, 4) is 0 Å². The van der Waals surface area contributed by atoms with Gasteiger partial charge in [-0.2, -0.15) is 0 Å². The van der Waals surface area contributed by atoms with E-state index in [4.69, 9.17) is 10.1 Å². The molecule has 3 N–H and O–H groups in total. The number of hydrogen-bond acceptors (Lipinski definition) is 4. The zero-order valence-electron chi connectivity index (χ0n) is 16.6. The van der Waals surface area contributed by atoms with E-state index in [-0.39, 0.29) is 0 Å². The lowest BCUT2D eigenvalue weighted by atomic mass is 9.85. The normalized spacial score (nSPS) is 11.6. The summed E-state index contributed by atoms with van der Waals surface area (Å²) in [5.41, 5.74) is 2.04. The molecule has 1 aromatic heterocycles. The highest BCUT2D eigenvalue weighted by Gasteiger charge is 2.38. The van der Waals surface area contributed by atoms with Crippen LogP contribution in [0.4, 0.5) is 5.69 Å². The number of imidazole rings is 1. The van der Waals surface area contributed by atoms with Gasteiger partial charge in [-0.05, 0) is 36.2 Å². The van der Waals surface area contributed by atoms with Crippen LogP contribution in [-0.2, 0) is 16.9 Å². The van der Waals surface area contributed by atoms with Crippen molar-refractivity contribution in [2.24, 2.45) is 0 Å². The number of hydrogen-bond donors (Lipinski definition) is 3. The summed E-state index contributed by atoms with van der Waals surface area (Å²) in [5.74, 6) is 0.0187. The molecule has 6 nitrogen and oxygen atoms in total. The molecule has 0 aliphatic heterocycles. The van der Waals surface area contributed by atoms with Gasteiger partial charge in [0.25, 0.3) is 0 Å². The first-order valence-corrected chi connectivity index (χ1v) is 9.82. The number of aromatic nitrogens is 2. The first-order chi connectivity index (χ1) is 14.6. The van der Waals surface area contributed by atoms with Gasteiger partial charge in [0.1, 0.15) is 6.61 Å². The summed E-state index contributed by atoms with van der Waals surface area (Å²) in [6, 6.07) is 24.3. The summed E-state index contributed by atoms with van der Waals surface area (Å²) >= 11 is 0. The minimum atomic E-state index is -1.45. The number of fused-ring (bicyclic) bond motifs is 1. The van der Waals surface area contributed by atoms with Crippen molar-refractivity contribution in [3.63, 3.8) is 0 Å². The number of carbonyl (C=O) groups excluding carboxylic acids is 1. The maximum absolute atomic E-state index is 12.1. The molecule has 152 valence electrons. The largest absolute Gasteiger partial charge is 0.387 e. The summed E-state index contributed by atoms with van der Waals surface area (Å²) < 4.78 is 1.95. The number of benzene rings is 3. The quantitative estimate of drug-likeness (QED) is 0.463. The van der Waals surface area contributed by atoms with Gasteiger partial charge in [-0.15, -0.1) is 0 Å². The fourth-order valence-electron chi connectivity index (χ4n) is 3.78. The van der Waals surface area contributed by atoms with Crippen LogP contribution in [0, 0.1) is 0 Å². The van der Waals surface area contributed by atoms with E-state index < -0.39 is 18.1 Å². The minimum absolute atomic E-state index is 0.484. The second-order valence-electron chi connectivity index (χ2n) is 7.03. The van der Waals surface area contributed by atoms with Crippen LogP contribution in [0.15, 0.2) is 78.9 Å². The van der Waals surface area contributed by atoms with Crippen molar-refractivity contribution in [1.29, 1.82) is 0 Å². The molecule has 0 radical (unpaired) electrons. The van der Waals surface area contributed by atoms with E-state index in [1.165, 1.54) is 0 Å². The van der Waals surface area contributed by atoms with Crippen molar-refractivity contribution >= 4 is 22.6 Å². The SMILES string of the molecule is CCn1c(C(O)(c2ccccc2)c2ccccc2)nc2ccc(NC(=O)CO)cc21. The molecule has 1 heterocycles. The second kappa shape index (κ2) is 8.10. The molecule has 3 aromatic carbocycles. The Balaban J connectivity index is 1.95. The van der Waals surface area contributed by atoms with Gasteiger partial charge in [0.15, 0.2) is 11.4 Å². The van der Waals surface area contributed by atoms with Gasteiger partial charge in [-0.1, -0.05) is 60.7 Å². The van der Waals surface area contributed by atoms with Crippen LogP contribution in [0.1, 0.15) is 23.9 Å². The maximum atomic E-state index is 12.1. The molecule has 30 heavy (non-hydrogen) atoms. The van der Waals surface area contributed by atoms with Gasteiger partial charge in [-0.3, -0.25) is 4.79 Å². The first-order valence-electron chi connectivity index (χ1n) is 9.82. The average molecular weight is 401 g/mol. The molecule has 6 heteroatoms. The highest BCUT2D eigenvalue weighted by Crippen LogP contribution is 2.38. The van der Waals surface area contributed by atoms with Gasteiger partial charge >= 0.3 is 0 Å². The van der Waals surface area contributed by atoms with E-state index in [1.807, 2.05) is 72.2 Å². The molecule has 0 bridgehead atoms. The summed E-state index contributed by atoms with van der Waals surface area (Å²) in [4.78, 5) is 16.4. The van der Waals surface area contributed by atoms with Gasteiger partial charge in [0.05, 0.1) is 11.0 Å². The van der Waals surface area contributed by atoms with E-state index in [0.29, 0.717) is 23.6 Å². The number of aliphatic hydroxyl groups excluding tert-OH is 1. The Hall–Kier alpha value is -3.48. The zero-order chi connectivity index (χ0) is 21.1. The minimum Gasteiger partial charge on any atom is -0.387 e. The Kier molecular flexibility index (Phi) is 5.35. The first kappa shape index (κ1) is 19.8. The molecule has 0 fully saturated rings. The Bertz CT molecular complexity index is 1130. The van der Waals surface area contributed by atoms with E-state index in [1.54, 1.807) is 18.2 Å². The highest BCUT2D eigenvalue weighted by molar-refractivity contribution is 5.93. The van der Waals surface area contributed by atoms with Crippen LogP contribution in [0.25, 0.3) is 11.0 Å². The average Bonchev–Trinajstić information content (AvgIpc) is 3.18. The second-order valence-corrected chi connectivity index (χ2v) is 7.03. The van der Waals surface area contributed by atoms with Gasteiger partial charge < -0.3 is 20.1 Å². The monoisotopic (exact) mass is 401 g/mol. The number of aliphatic hydroxyl groups is 2. The van der Waals surface area contributed by atoms with Crippen LogP contribution in [0.2, 0.25) is 0 Å². The fourth-order valence-corrected chi connectivity index (χ4v) is 3.78. The van der Waals surface area contributed by atoms with Crippen LogP contribution in [0.5, 0.6) is 0 Å². The molecule has 0 atom stereocenters. The zero-order valence-corrected chi connectivity index (χ0v) is 16.6. The Morgan fingerprint density at radius 2 is 1.60 bits per heavy atom. The van der Waals surface area contributed by atoms with Crippen molar-refractivity contribution < 1.29 is 15.0 Å². The summed E-state index contributed by atoms with van der Waals surface area (Å²) in [7, 11) is 0. The lowest BCUT2D eigenvalue weighted by molar-refractivity contribution is -0.118. The lowest BCUT2D eigenvalue weighted by Gasteiger charge is -2.29. The van der Waals surface area contributed by atoms with Crippen LogP contribution in [-0.4, -0.2) is 32.3 Å². The van der Waals surface area contributed by atoms with Crippen molar-refractivity contribution in [2.45, 2.75) is 19.1 Å². The standard InChI is InChI=1S/C24H23N3O3/c1-2-27-21-15-19(25-22(29)16-28)13-14-20(21)26-23(27)24(30,17-9-5-3-6-10-17)18-11-7-4-8-12-18/h3-15,28,30H,2,16H2,1H3,(H,25,29). The molecular formula is C24H23N3O3. The van der Waals surface area contributed by atoms with E-state index >= 15 is 0 Å². The molecule has 0 aliphatic carbocycles. The maximum Gasteiger partial charge on any atom is 0.250 e. The Labute approximate surface area is 174 Å². The number of anilines is 1. The Morgan fingerprint density at radius 1 is 1.00 bits per heavy atom. The summed E-state index contributed by atoms with van der Waals surface area (Å²) in [6.07, 6.45) is 0. The topological polar surface area (TPSA) is 87.4 Å². The smallest absolute Gasteiger partial charge is 0.250 e. The number of rotatable bonds is 6. The third kappa shape index (κ3) is 3.36. The van der Waals surface area contributed by atoms with Gasteiger partial charge in [-0.25, -0.2) is 4.98 Å². The van der Waals surface area contributed by atoms with E-state index in [9.17, 15) is 9.90 Å². The van der Waals surface area contributed by atoms with Crippen LogP contribution in [0.3, 0.4) is 0 Å². The number of aryl methyl sites for hydroxylation is 1. The van der Waals surface area contributed by atoms with Crippen LogP contribution >= 0.6 is 0 Å². The number of nitrogens with zero attached hydrogens (tertiary/aromatic N) is 2. The van der Waals surface area contributed by atoms with Crippen LogP contribution < -0.4 is 5.32 Å². The van der Waals surface area contributed by atoms with E-state index in [2.05, 4.69) is 5.32 Å². The summed E-state index contributed by atoms with van der Waals surface area (Å²) in [5, 5.41) is 23.8. The van der Waals surface area contributed by atoms with Crippen molar-refractivity contribution in [3.05, 3.63) is 95.8 Å². The molecule has 0 unspecified atom stereocenters. The summed E-state index contributed by atoms with van der Waals surface area (Å²) in [6.45, 7) is 1.98. The Morgan fingerprint density at radius 3 is 2.13 bits per heavy atom. The highest BCUT2D eigenvalue weighted by atomic mass is 16.3. The number of nitrogens with one attached hydrogen (secondary N) is 1. The molecule has 0 spiro atoms. The number of carbonyl (C=O) groups is 1. The predicted molar refractivity (Wildman–Crippen MR) is 116 cm³/mol. The molecule has 0 saturated heterocycles. The van der Waals surface area contributed by atoms with Crippen molar-refractivity contribution in [2.75, 3.05) is 11.9 Å². The third-order valence-corrected chi connectivity index (χ3v) is 5.20. The molecule has 1 amide bonds. The fraction of sp³-hybridized carbons (Fsp3) is 0.167. The number of amides is 1. The molecule has 4 aromatic rings. The molecule has 4 rings (SSSR count). The van der Waals surface area contributed by atoms with E-state index in [0.717, 1.165) is 16.6 Å². The lowest BCUT2D eigenvalue weighted by Crippen LogP contribution is -2.32. The molecule has 0 aliphatic rings. The predicted octanol–water partition coefficient (Wildman–Crippen LogP) is 3.27. The van der Waals surface area contributed by atoms with Gasteiger partial charge in [0, 0.05) is 12.2 Å². The van der Waals surface area contributed by atoms with Crippen molar-refractivity contribution in [1.82, 2.24) is 9.55 Å². The van der Waals surface area contributed by atoms with Gasteiger partial charge in [0.2, 0.25) is 5.91 Å².